The van der Waals surface area contributed by atoms with E-state index in [1.165, 1.54) is 32.4 Å². The van der Waals surface area contributed by atoms with Crippen molar-refractivity contribution < 1.29 is 26.7 Å². The zero-order chi connectivity index (χ0) is 15.4. The van der Waals surface area contributed by atoms with Crippen LogP contribution in [0.2, 0.25) is 0 Å². The summed E-state index contributed by atoms with van der Waals surface area (Å²) in [5.41, 5.74) is 4.84. The molecule has 0 aliphatic rings. The van der Waals surface area contributed by atoms with Gasteiger partial charge in [-0.2, -0.15) is 0 Å². The highest BCUT2D eigenvalue weighted by Crippen LogP contribution is 2.29. The van der Waals surface area contributed by atoms with Crippen LogP contribution in [0.1, 0.15) is 0 Å². The second-order valence-electron chi connectivity index (χ2n) is 3.90. The number of nitrogens with two attached hydrogens (primary N) is 1. The molecule has 0 amide bonds. The molecule has 20 heavy (non-hydrogen) atoms. The minimum Gasteiger partial charge on any atom is -0.493 e. The van der Waals surface area contributed by atoms with Crippen molar-refractivity contribution in [1.29, 1.82) is 0 Å². The van der Waals surface area contributed by atoms with Crippen LogP contribution < -0.4 is 19.9 Å². The van der Waals surface area contributed by atoms with E-state index in [2.05, 4.69) is 0 Å². The highest BCUT2D eigenvalue weighted by Gasteiger charge is 2.29. The molecule has 0 saturated carbocycles. The summed E-state index contributed by atoms with van der Waals surface area (Å²) in [6, 6.07) is 3.78. The van der Waals surface area contributed by atoms with Gasteiger partial charge in [0, 0.05) is 6.07 Å². The summed E-state index contributed by atoms with van der Waals surface area (Å²) in [6.45, 7) is -2.01. The molecule has 3 N–H and O–H groups in total. The Kier molecular flexibility index (Phi) is 5.26. The molecule has 0 heterocycles. The summed E-state index contributed by atoms with van der Waals surface area (Å²) in [7, 11) is -1.35. The molecule has 6 nitrogen and oxygen atoms in total. The normalized spacial score (nSPS) is 12.2. The number of sulfonamides is 1. The second-order valence-corrected chi connectivity index (χ2v) is 5.67. The van der Waals surface area contributed by atoms with Gasteiger partial charge in [-0.15, -0.1) is 0 Å². The zero-order valence-electron chi connectivity index (χ0n) is 11.0. The fourth-order valence-electron chi connectivity index (χ4n) is 1.34. The molecule has 114 valence electrons. The van der Waals surface area contributed by atoms with E-state index in [1.54, 1.807) is 4.72 Å². The van der Waals surface area contributed by atoms with Gasteiger partial charge in [0.1, 0.15) is 0 Å². The number of hydrogen-bond donors (Lipinski definition) is 2. The molecule has 0 fully saturated rings. The van der Waals surface area contributed by atoms with Gasteiger partial charge in [0.2, 0.25) is 10.0 Å². The predicted octanol–water partition coefficient (Wildman–Crippen LogP) is 0.576. The molecule has 9 heteroatoms. The van der Waals surface area contributed by atoms with E-state index in [0.29, 0.717) is 5.75 Å². The fraction of sp³-hybridized carbons (Fsp3) is 0.455. The summed E-state index contributed by atoms with van der Waals surface area (Å²) in [5.74, 6) is -2.79. The van der Waals surface area contributed by atoms with Crippen molar-refractivity contribution in [3.05, 3.63) is 18.2 Å². The largest absolute Gasteiger partial charge is 0.493 e. The maximum Gasteiger partial charge on any atom is 0.273 e. The topological polar surface area (TPSA) is 90.7 Å². The smallest absolute Gasteiger partial charge is 0.273 e. The average molecular weight is 310 g/mol. The first-order chi connectivity index (χ1) is 9.25. The van der Waals surface area contributed by atoms with Gasteiger partial charge in [-0.1, -0.05) is 0 Å². The molecule has 0 spiro atoms. The van der Waals surface area contributed by atoms with Crippen LogP contribution in [-0.4, -0.2) is 41.6 Å². The van der Waals surface area contributed by atoms with E-state index < -0.39 is 29.0 Å². The SMILES string of the molecule is COc1ccc(S(=O)(=O)NCC(F)(F)CN)cc1OC. The third-order valence-electron chi connectivity index (χ3n) is 2.48. The lowest BCUT2D eigenvalue weighted by Gasteiger charge is -2.15. The number of hydrogen-bond acceptors (Lipinski definition) is 5. The molecule has 1 aromatic rings. The minimum absolute atomic E-state index is 0.181. The van der Waals surface area contributed by atoms with Crippen molar-refractivity contribution >= 4 is 10.0 Å². The summed E-state index contributed by atoms with van der Waals surface area (Å²) in [6.07, 6.45) is 0. The molecule has 0 aliphatic heterocycles. The number of rotatable bonds is 7. The quantitative estimate of drug-likeness (QED) is 0.768. The Balaban J connectivity index is 2.98. The first-order valence-corrected chi connectivity index (χ1v) is 7.03. The van der Waals surface area contributed by atoms with E-state index in [0.717, 1.165) is 0 Å². The van der Waals surface area contributed by atoms with Gasteiger partial charge in [-0.3, -0.25) is 0 Å². The van der Waals surface area contributed by atoms with Gasteiger partial charge < -0.3 is 15.2 Å². The van der Waals surface area contributed by atoms with Crippen molar-refractivity contribution in [2.24, 2.45) is 5.73 Å². The summed E-state index contributed by atoms with van der Waals surface area (Å²) >= 11 is 0. The summed E-state index contributed by atoms with van der Waals surface area (Å²) in [5, 5.41) is 0. The molecule has 0 saturated heterocycles. The monoisotopic (exact) mass is 310 g/mol. The Morgan fingerprint density at radius 3 is 2.35 bits per heavy atom. The van der Waals surface area contributed by atoms with E-state index in [1.807, 2.05) is 0 Å². The van der Waals surface area contributed by atoms with Crippen LogP contribution in [0, 0.1) is 0 Å². The second kappa shape index (κ2) is 6.33. The van der Waals surface area contributed by atoms with Gasteiger partial charge in [0.15, 0.2) is 11.5 Å². The van der Waals surface area contributed by atoms with Crippen molar-refractivity contribution in [1.82, 2.24) is 4.72 Å². The van der Waals surface area contributed by atoms with E-state index in [4.69, 9.17) is 15.2 Å². The first-order valence-electron chi connectivity index (χ1n) is 5.55. The molecule has 0 aliphatic carbocycles. The van der Waals surface area contributed by atoms with Gasteiger partial charge in [0.25, 0.3) is 5.92 Å². The molecule has 1 rings (SSSR count). The molecule has 0 atom stereocenters. The average Bonchev–Trinajstić information content (AvgIpc) is 2.44. The Hall–Kier alpha value is -1.45. The van der Waals surface area contributed by atoms with Gasteiger partial charge in [-0.05, 0) is 12.1 Å². The fourth-order valence-corrected chi connectivity index (χ4v) is 2.42. The van der Waals surface area contributed by atoms with E-state index in [9.17, 15) is 17.2 Å². The lowest BCUT2D eigenvalue weighted by Crippen LogP contribution is -2.41. The van der Waals surface area contributed by atoms with Crippen LogP contribution in [0.4, 0.5) is 8.78 Å². The molecule has 1 aromatic carbocycles. The van der Waals surface area contributed by atoms with Crippen LogP contribution in [0.5, 0.6) is 11.5 Å². The maximum atomic E-state index is 13.0. The van der Waals surface area contributed by atoms with Crippen LogP contribution in [0.15, 0.2) is 23.1 Å². The predicted molar refractivity (Wildman–Crippen MR) is 68.7 cm³/mol. The lowest BCUT2D eigenvalue weighted by molar-refractivity contribution is 0.0170. The molecular formula is C11H16F2N2O4S. The van der Waals surface area contributed by atoms with Crippen molar-refractivity contribution in [3.8, 4) is 11.5 Å². The molecular weight excluding hydrogens is 294 g/mol. The Morgan fingerprint density at radius 1 is 1.25 bits per heavy atom. The molecule has 0 bridgehead atoms. The Morgan fingerprint density at radius 2 is 1.85 bits per heavy atom. The highest BCUT2D eigenvalue weighted by atomic mass is 32.2. The minimum atomic E-state index is -4.08. The standard InChI is InChI=1S/C11H16F2N2O4S/c1-18-9-4-3-8(5-10(9)19-2)20(16,17)15-7-11(12,13)6-14/h3-5,15H,6-7,14H2,1-2H3. The van der Waals surface area contributed by atoms with Gasteiger partial charge in [0.05, 0.1) is 32.2 Å². The third kappa shape index (κ3) is 4.02. The van der Waals surface area contributed by atoms with Crippen molar-refractivity contribution in [2.45, 2.75) is 10.8 Å². The van der Waals surface area contributed by atoms with E-state index in [-0.39, 0.29) is 10.6 Å². The van der Waals surface area contributed by atoms with Gasteiger partial charge >= 0.3 is 0 Å². The number of ether oxygens (including phenoxy) is 2. The number of alkyl halides is 2. The van der Waals surface area contributed by atoms with Crippen LogP contribution in [0.3, 0.4) is 0 Å². The molecule has 0 unspecified atom stereocenters. The lowest BCUT2D eigenvalue weighted by atomic mass is 10.3. The van der Waals surface area contributed by atoms with Crippen molar-refractivity contribution in [2.75, 3.05) is 27.3 Å². The zero-order valence-corrected chi connectivity index (χ0v) is 11.8. The number of nitrogens with one attached hydrogen (secondary N) is 1. The van der Waals surface area contributed by atoms with Gasteiger partial charge in [-0.25, -0.2) is 21.9 Å². The highest BCUT2D eigenvalue weighted by molar-refractivity contribution is 7.89. The van der Waals surface area contributed by atoms with Crippen LogP contribution >= 0.6 is 0 Å². The summed E-state index contributed by atoms with van der Waals surface area (Å²) in [4.78, 5) is -0.206. The summed E-state index contributed by atoms with van der Waals surface area (Å²) < 4.78 is 61.4. The number of halogens is 2. The third-order valence-corrected chi connectivity index (χ3v) is 3.88. The Bertz CT molecular complexity index is 564. The molecule has 0 aromatic heterocycles. The number of benzene rings is 1. The van der Waals surface area contributed by atoms with E-state index >= 15 is 0 Å². The molecule has 0 radical (unpaired) electrons. The Labute approximate surface area is 115 Å². The first kappa shape index (κ1) is 16.6. The van der Waals surface area contributed by atoms with Crippen LogP contribution in [0.25, 0.3) is 0 Å². The maximum absolute atomic E-state index is 13.0. The van der Waals surface area contributed by atoms with Crippen LogP contribution in [-0.2, 0) is 10.0 Å². The number of methoxy groups -OCH3 is 2. The van der Waals surface area contributed by atoms with Crippen molar-refractivity contribution in [3.63, 3.8) is 0 Å².